The van der Waals surface area contributed by atoms with E-state index in [2.05, 4.69) is 51.3 Å². The van der Waals surface area contributed by atoms with E-state index in [0.29, 0.717) is 19.0 Å². The van der Waals surface area contributed by atoms with E-state index < -0.39 is 0 Å². The van der Waals surface area contributed by atoms with E-state index in [-0.39, 0.29) is 11.9 Å². The summed E-state index contributed by atoms with van der Waals surface area (Å²) in [4.78, 5) is 16.1. The Morgan fingerprint density at radius 3 is 2.75 bits per heavy atom. The van der Waals surface area contributed by atoms with Gasteiger partial charge in [0.05, 0.1) is 25.5 Å². The van der Waals surface area contributed by atoms with Crippen LogP contribution in [0.25, 0.3) is 0 Å². The minimum Gasteiger partial charge on any atom is -0.459 e. The number of amides is 1. The second kappa shape index (κ2) is 8.61. The summed E-state index contributed by atoms with van der Waals surface area (Å²) < 4.78 is 11.9. The van der Waals surface area contributed by atoms with Crippen LogP contribution in [0, 0.1) is 6.92 Å². The lowest BCUT2D eigenvalue weighted by atomic mass is 9.98. The number of carbonyl (C=O) groups excluding carboxylic acids is 1. The highest BCUT2D eigenvalue weighted by Crippen LogP contribution is 2.40. The van der Waals surface area contributed by atoms with Crippen molar-refractivity contribution in [3.05, 3.63) is 75.0 Å². The highest BCUT2D eigenvalue weighted by molar-refractivity contribution is 9.10. The van der Waals surface area contributed by atoms with Crippen LogP contribution in [-0.4, -0.2) is 37.1 Å². The van der Waals surface area contributed by atoms with Crippen molar-refractivity contribution in [1.29, 1.82) is 0 Å². The molecule has 2 aromatic heterocycles. The van der Waals surface area contributed by atoms with Gasteiger partial charge < -0.3 is 14.5 Å². The second-order valence-electron chi connectivity index (χ2n) is 6.68. The van der Waals surface area contributed by atoms with Crippen molar-refractivity contribution >= 4 is 38.2 Å². The fraction of sp³-hybridized carbons (Fsp3) is 0.286. The van der Waals surface area contributed by atoms with Crippen molar-refractivity contribution in [2.75, 3.05) is 31.6 Å². The number of ether oxygens (including phenoxy) is 1. The number of benzene rings is 1. The first-order chi connectivity index (χ1) is 13.6. The number of aryl methyl sites for hydroxylation is 1. The molecule has 1 amide bonds. The zero-order valence-electron chi connectivity index (χ0n) is 15.5. The van der Waals surface area contributed by atoms with E-state index in [9.17, 15) is 4.79 Å². The molecule has 1 atom stereocenters. The number of hydrogen-bond donors (Lipinski definition) is 1. The molecular weight excluding hydrogens is 440 g/mol. The van der Waals surface area contributed by atoms with Crippen LogP contribution in [0.4, 0.5) is 5.00 Å². The van der Waals surface area contributed by atoms with Crippen LogP contribution in [0.2, 0.25) is 0 Å². The quantitative estimate of drug-likeness (QED) is 0.576. The Kier molecular flexibility index (Phi) is 5.96. The topological polar surface area (TPSA) is 54.7 Å². The van der Waals surface area contributed by atoms with Gasteiger partial charge in [-0.2, -0.15) is 0 Å². The molecule has 1 N–H and O–H groups in total. The first-order valence-electron chi connectivity index (χ1n) is 9.14. The number of nitrogens with one attached hydrogen (secondary N) is 1. The van der Waals surface area contributed by atoms with Gasteiger partial charge >= 0.3 is 0 Å². The van der Waals surface area contributed by atoms with E-state index in [1.54, 1.807) is 23.5 Å². The normalized spacial score (nSPS) is 16.1. The van der Waals surface area contributed by atoms with Gasteiger partial charge in [-0.05, 0) is 42.8 Å². The Labute approximate surface area is 176 Å². The summed E-state index contributed by atoms with van der Waals surface area (Å²) in [5.74, 6) is 0.0745. The lowest BCUT2D eigenvalue weighted by molar-refractivity contribution is 0.0241. The van der Waals surface area contributed by atoms with Crippen LogP contribution in [0.15, 0.2) is 57.6 Å². The number of anilines is 1. The monoisotopic (exact) mass is 460 g/mol. The van der Waals surface area contributed by atoms with Crippen LogP contribution in [0.5, 0.6) is 0 Å². The van der Waals surface area contributed by atoms with Gasteiger partial charge in [0.1, 0.15) is 5.00 Å². The van der Waals surface area contributed by atoms with Gasteiger partial charge in [-0.1, -0.05) is 28.1 Å². The lowest BCUT2D eigenvalue weighted by Gasteiger charge is -2.35. The van der Waals surface area contributed by atoms with Gasteiger partial charge in [-0.3, -0.25) is 9.69 Å². The molecule has 5 nitrogen and oxygen atoms in total. The number of carbonyl (C=O) groups is 1. The molecule has 1 fully saturated rings. The van der Waals surface area contributed by atoms with Gasteiger partial charge in [0.2, 0.25) is 0 Å². The van der Waals surface area contributed by atoms with E-state index in [1.807, 2.05) is 12.1 Å². The second-order valence-corrected chi connectivity index (χ2v) is 8.85. The van der Waals surface area contributed by atoms with Gasteiger partial charge in [-0.15, -0.1) is 11.3 Å². The van der Waals surface area contributed by atoms with Crippen LogP contribution >= 0.6 is 27.3 Å². The van der Waals surface area contributed by atoms with Crippen molar-refractivity contribution in [2.45, 2.75) is 13.0 Å². The van der Waals surface area contributed by atoms with Gasteiger partial charge in [0.25, 0.3) is 5.91 Å². The van der Waals surface area contributed by atoms with Crippen molar-refractivity contribution in [1.82, 2.24) is 4.90 Å². The molecule has 28 heavy (non-hydrogen) atoms. The standard InChI is InChI=1S/C21H21BrN2O3S/c1-14-12-17(21(28-14)23-20(25)18-6-3-9-27-18)19(24-7-10-26-11-8-24)15-4-2-5-16(22)13-15/h2-6,9,12-13,19H,7-8,10-11H2,1H3,(H,23,25)/t19-/m1/s1. The van der Waals surface area contributed by atoms with E-state index in [0.717, 1.165) is 33.0 Å². The van der Waals surface area contributed by atoms with Crippen molar-refractivity contribution in [3.63, 3.8) is 0 Å². The van der Waals surface area contributed by atoms with Gasteiger partial charge in [0, 0.05) is 28.0 Å². The Balaban J connectivity index is 1.72. The Bertz CT molecular complexity index is 948. The average molecular weight is 461 g/mol. The van der Waals surface area contributed by atoms with E-state index in [4.69, 9.17) is 9.15 Å². The van der Waals surface area contributed by atoms with Crippen LogP contribution in [-0.2, 0) is 4.74 Å². The minimum atomic E-state index is -0.233. The number of halogens is 1. The van der Waals surface area contributed by atoms with Crippen molar-refractivity contribution in [2.24, 2.45) is 0 Å². The Hall–Kier alpha value is -1.93. The molecule has 3 aromatic rings. The van der Waals surface area contributed by atoms with E-state index in [1.165, 1.54) is 11.8 Å². The summed E-state index contributed by atoms with van der Waals surface area (Å²) in [7, 11) is 0. The Morgan fingerprint density at radius 2 is 2.04 bits per heavy atom. The third kappa shape index (κ3) is 4.22. The molecule has 3 heterocycles. The lowest BCUT2D eigenvalue weighted by Crippen LogP contribution is -2.39. The van der Waals surface area contributed by atoms with Gasteiger partial charge in [-0.25, -0.2) is 0 Å². The number of morpholine rings is 1. The molecule has 1 aliphatic heterocycles. The summed E-state index contributed by atoms with van der Waals surface area (Å²) in [5.41, 5.74) is 2.28. The largest absolute Gasteiger partial charge is 0.459 e. The number of hydrogen-bond acceptors (Lipinski definition) is 5. The maximum atomic E-state index is 12.6. The first-order valence-corrected chi connectivity index (χ1v) is 10.8. The molecule has 146 valence electrons. The highest BCUT2D eigenvalue weighted by Gasteiger charge is 2.28. The molecule has 1 aromatic carbocycles. The first kappa shape index (κ1) is 19.4. The molecule has 0 spiro atoms. The fourth-order valence-electron chi connectivity index (χ4n) is 3.51. The molecule has 0 unspecified atom stereocenters. The molecule has 0 radical (unpaired) electrons. The van der Waals surface area contributed by atoms with Gasteiger partial charge in [0.15, 0.2) is 5.76 Å². The van der Waals surface area contributed by atoms with Crippen LogP contribution < -0.4 is 5.32 Å². The minimum absolute atomic E-state index is 0.0400. The molecule has 1 saturated heterocycles. The number of thiophene rings is 1. The SMILES string of the molecule is Cc1cc([C@@H](c2cccc(Br)c2)N2CCOCC2)c(NC(=O)c2ccco2)s1. The smallest absolute Gasteiger partial charge is 0.291 e. The van der Waals surface area contributed by atoms with Crippen LogP contribution in [0.3, 0.4) is 0 Å². The fourth-order valence-corrected chi connectivity index (χ4v) is 4.86. The molecule has 1 aliphatic rings. The summed E-state index contributed by atoms with van der Waals surface area (Å²) in [6.45, 7) is 5.17. The molecule has 0 aliphatic carbocycles. The summed E-state index contributed by atoms with van der Waals surface area (Å²) >= 11 is 5.18. The third-order valence-corrected chi connectivity index (χ3v) is 6.20. The summed E-state index contributed by atoms with van der Waals surface area (Å²) in [6, 6.07) is 13.9. The highest BCUT2D eigenvalue weighted by atomic mass is 79.9. The predicted octanol–water partition coefficient (Wildman–Crippen LogP) is 5.09. The molecule has 4 rings (SSSR count). The maximum Gasteiger partial charge on any atom is 0.291 e. The number of furan rings is 1. The van der Waals surface area contributed by atoms with Crippen molar-refractivity contribution < 1.29 is 13.9 Å². The Morgan fingerprint density at radius 1 is 1.21 bits per heavy atom. The molecular formula is C21H21BrN2O3S. The zero-order valence-corrected chi connectivity index (χ0v) is 17.9. The van der Waals surface area contributed by atoms with Crippen molar-refractivity contribution in [3.8, 4) is 0 Å². The average Bonchev–Trinajstić information content (AvgIpc) is 3.34. The number of rotatable bonds is 5. The summed E-state index contributed by atoms with van der Waals surface area (Å²) in [6.07, 6.45) is 1.51. The molecule has 0 bridgehead atoms. The third-order valence-electron chi connectivity index (χ3n) is 4.73. The number of nitrogens with zero attached hydrogens (tertiary/aromatic N) is 1. The van der Waals surface area contributed by atoms with E-state index >= 15 is 0 Å². The van der Waals surface area contributed by atoms with Crippen LogP contribution in [0.1, 0.15) is 32.6 Å². The predicted molar refractivity (Wildman–Crippen MR) is 114 cm³/mol. The zero-order chi connectivity index (χ0) is 19.5. The summed E-state index contributed by atoms with van der Waals surface area (Å²) in [5, 5.41) is 3.91. The maximum absolute atomic E-state index is 12.6. The molecule has 0 saturated carbocycles. The molecule has 7 heteroatoms.